The van der Waals surface area contributed by atoms with Gasteiger partial charge in [-0.05, 0) is 38.8 Å². The third-order valence-electron chi connectivity index (χ3n) is 5.07. The summed E-state index contributed by atoms with van der Waals surface area (Å²) in [5, 5.41) is 33.3. The van der Waals surface area contributed by atoms with Crippen molar-refractivity contribution in [3.63, 3.8) is 0 Å². The minimum absolute atomic E-state index is 0.196. The van der Waals surface area contributed by atoms with E-state index in [-0.39, 0.29) is 12.3 Å². The molecule has 8 nitrogen and oxygen atoms in total. The molecule has 0 aromatic heterocycles. The zero-order valence-electron chi connectivity index (χ0n) is 15.8. The van der Waals surface area contributed by atoms with Crippen LogP contribution in [0.4, 0.5) is 0 Å². The molecule has 5 atom stereocenters. The van der Waals surface area contributed by atoms with Crippen molar-refractivity contribution in [3.8, 4) is 17.2 Å². The molecule has 1 aromatic rings. The van der Waals surface area contributed by atoms with Crippen LogP contribution in [-0.2, 0) is 0 Å². The van der Waals surface area contributed by atoms with Crippen LogP contribution in [0.25, 0.3) is 0 Å². The van der Waals surface area contributed by atoms with E-state index < -0.39 is 30.3 Å². The Morgan fingerprint density at radius 1 is 1.00 bits per heavy atom. The topological polar surface area (TPSA) is 117 Å². The number of aliphatic hydroxyl groups is 3. The summed E-state index contributed by atoms with van der Waals surface area (Å²) in [6.45, 7) is 6.58. The predicted octanol–water partition coefficient (Wildman–Crippen LogP) is 0.565. The van der Waals surface area contributed by atoms with Gasteiger partial charge in [0.25, 0.3) is 5.91 Å². The Morgan fingerprint density at radius 3 is 2.26 bits per heavy atom. The molecule has 2 aliphatic rings. The fourth-order valence-electron chi connectivity index (χ4n) is 3.94. The number of aliphatic hydroxyl groups excluding tert-OH is 3. The van der Waals surface area contributed by atoms with Crippen LogP contribution in [0.2, 0.25) is 0 Å². The van der Waals surface area contributed by atoms with Crippen LogP contribution >= 0.6 is 0 Å². The summed E-state index contributed by atoms with van der Waals surface area (Å²) in [5.41, 5.74) is 0.935. The van der Waals surface area contributed by atoms with Crippen LogP contribution in [0.1, 0.15) is 49.0 Å². The molecule has 3 rings (SSSR count). The van der Waals surface area contributed by atoms with Crippen molar-refractivity contribution in [2.45, 2.75) is 57.5 Å². The molecule has 0 saturated heterocycles. The molecule has 0 spiro atoms. The van der Waals surface area contributed by atoms with Crippen LogP contribution in [0, 0.1) is 0 Å². The highest BCUT2D eigenvalue weighted by Gasteiger charge is 2.49. The second-order valence-electron chi connectivity index (χ2n) is 6.69. The van der Waals surface area contributed by atoms with E-state index in [0.717, 1.165) is 0 Å². The molecule has 1 heterocycles. The fourth-order valence-corrected chi connectivity index (χ4v) is 3.94. The second-order valence-corrected chi connectivity index (χ2v) is 6.69. The van der Waals surface area contributed by atoms with Gasteiger partial charge in [0.15, 0.2) is 11.5 Å². The Balaban J connectivity index is 2.19. The van der Waals surface area contributed by atoms with Gasteiger partial charge in [-0.25, -0.2) is 0 Å². The standard InChI is InChI=1S/C19H27NO7/c1-4-25-12-8-9-10-7-11(21)15(22)16(23)14(10)20-19(24)13(9)18(27-6-3)17(12)26-5-2/h8,10-11,14-16,21-23H,4-7H2,1-3H3,(H,20,24)/t10-,11+,14-,15-,16+/m0/s1. The third kappa shape index (κ3) is 3.33. The number of nitrogens with one attached hydrogen (secondary N) is 1. The first-order valence-corrected chi connectivity index (χ1v) is 9.38. The lowest BCUT2D eigenvalue weighted by Crippen LogP contribution is -2.61. The van der Waals surface area contributed by atoms with Gasteiger partial charge < -0.3 is 34.8 Å². The highest BCUT2D eigenvalue weighted by atomic mass is 16.5. The van der Waals surface area contributed by atoms with Gasteiger partial charge in [-0.1, -0.05) is 0 Å². The van der Waals surface area contributed by atoms with Crippen LogP contribution < -0.4 is 19.5 Å². The Morgan fingerprint density at radius 2 is 1.63 bits per heavy atom. The maximum atomic E-state index is 12.9. The van der Waals surface area contributed by atoms with Gasteiger partial charge in [0, 0.05) is 5.92 Å². The van der Waals surface area contributed by atoms with Gasteiger partial charge in [-0.3, -0.25) is 4.79 Å². The summed E-state index contributed by atoms with van der Waals surface area (Å²) >= 11 is 0. The number of hydrogen-bond donors (Lipinski definition) is 4. The minimum Gasteiger partial charge on any atom is -0.490 e. The van der Waals surface area contributed by atoms with Crippen LogP contribution in [0.15, 0.2) is 6.07 Å². The lowest BCUT2D eigenvalue weighted by Gasteiger charge is -2.44. The van der Waals surface area contributed by atoms with Crippen molar-refractivity contribution in [2.75, 3.05) is 19.8 Å². The SMILES string of the molecule is CCOc1cc2c(c(OCC)c1OCC)C(=O)N[C@@H]1[C@@H](O)[C@@H](O)[C@H](O)C[C@@H]21. The zero-order valence-corrected chi connectivity index (χ0v) is 15.8. The summed E-state index contributed by atoms with van der Waals surface area (Å²) < 4.78 is 17.2. The van der Waals surface area contributed by atoms with E-state index in [0.29, 0.717) is 48.2 Å². The average molecular weight is 381 g/mol. The molecule has 1 fully saturated rings. The number of carbonyl (C=O) groups excluding carboxylic acids is 1. The lowest BCUT2D eigenvalue weighted by atomic mass is 9.72. The molecular weight excluding hydrogens is 354 g/mol. The monoisotopic (exact) mass is 381 g/mol. The zero-order chi connectivity index (χ0) is 19.7. The van der Waals surface area contributed by atoms with Crippen molar-refractivity contribution >= 4 is 5.91 Å². The Kier molecular flexibility index (Phi) is 5.78. The number of benzene rings is 1. The first-order valence-electron chi connectivity index (χ1n) is 9.38. The molecule has 0 unspecified atom stereocenters. The molecule has 0 bridgehead atoms. The van der Waals surface area contributed by atoms with Crippen LogP contribution in [0.3, 0.4) is 0 Å². The molecule has 1 saturated carbocycles. The molecule has 8 heteroatoms. The van der Waals surface area contributed by atoms with Crippen LogP contribution in [0.5, 0.6) is 17.2 Å². The molecular formula is C19H27NO7. The molecule has 1 aromatic carbocycles. The molecule has 1 aliphatic carbocycles. The summed E-state index contributed by atoms with van der Waals surface area (Å²) in [4.78, 5) is 12.9. The van der Waals surface area contributed by atoms with E-state index in [2.05, 4.69) is 5.32 Å². The van der Waals surface area contributed by atoms with Gasteiger partial charge in [-0.15, -0.1) is 0 Å². The maximum absolute atomic E-state index is 12.9. The van der Waals surface area contributed by atoms with E-state index in [1.54, 1.807) is 6.07 Å². The number of ether oxygens (including phenoxy) is 3. The normalized spacial score (nSPS) is 29.4. The molecule has 0 radical (unpaired) electrons. The van der Waals surface area contributed by atoms with Crippen molar-refractivity contribution in [2.24, 2.45) is 0 Å². The number of amides is 1. The molecule has 150 valence electrons. The Labute approximate surface area is 158 Å². The number of rotatable bonds is 6. The van der Waals surface area contributed by atoms with E-state index in [1.807, 2.05) is 20.8 Å². The molecule has 1 aliphatic heterocycles. The average Bonchev–Trinajstić information content (AvgIpc) is 2.64. The van der Waals surface area contributed by atoms with E-state index >= 15 is 0 Å². The van der Waals surface area contributed by atoms with Gasteiger partial charge in [0.05, 0.1) is 37.5 Å². The maximum Gasteiger partial charge on any atom is 0.255 e. The highest BCUT2D eigenvalue weighted by molar-refractivity contribution is 6.01. The van der Waals surface area contributed by atoms with Crippen molar-refractivity contribution in [3.05, 3.63) is 17.2 Å². The first-order chi connectivity index (χ1) is 12.9. The number of carbonyl (C=O) groups is 1. The second kappa shape index (κ2) is 7.92. The van der Waals surface area contributed by atoms with Gasteiger partial charge in [0.1, 0.15) is 12.2 Å². The number of hydrogen-bond acceptors (Lipinski definition) is 7. The van der Waals surface area contributed by atoms with Gasteiger partial charge >= 0.3 is 0 Å². The lowest BCUT2D eigenvalue weighted by molar-refractivity contribution is -0.104. The summed E-state index contributed by atoms with van der Waals surface area (Å²) in [7, 11) is 0. The van der Waals surface area contributed by atoms with Gasteiger partial charge in [0.2, 0.25) is 5.75 Å². The van der Waals surface area contributed by atoms with E-state index in [4.69, 9.17) is 14.2 Å². The fraction of sp³-hybridized carbons (Fsp3) is 0.632. The van der Waals surface area contributed by atoms with Crippen LogP contribution in [-0.4, -0.2) is 65.4 Å². The predicted molar refractivity (Wildman–Crippen MR) is 96.6 cm³/mol. The Hall–Kier alpha value is -2.03. The summed E-state index contributed by atoms with van der Waals surface area (Å²) in [6.07, 6.45) is -3.48. The first kappa shape index (κ1) is 19.7. The van der Waals surface area contributed by atoms with Gasteiger partial charge in [-0.2, -0.15) is 0 Å². The summed E-state index contributed by atoms with van der Waals surface area (Å²) in [5.74, 6) is 0.309. The van der Waals surface area contributed by atoms with E-state index in [9.17, 15) is 20.1 Å². The largest absolute Gasteiger partial charge is 0.490 e. The molecule has 4 N–H and O–H groups in total. The quantitative estimate of drug-likeness (QED) is 0.569. The molecule has 1 amide bonds. The molecule has 27 heavy (non-hydrogen) atoms. The number of fused-ring (bicyclic) bond motifs is 3. The van der Waals surface area contributed by atoms with Crippen molar-refractivity contribution in [1.82, 2.24) is 5.32 Å². The smallest absolute Gasteiger partial charge is 0.255 e. The Bertz CT molecular complexity index is 708. The highest BCUT2D eigenvalue weighted by Crippen LogP contribution is 2.49. The van der Waals surface area contributed by atoms with Crippen molar-refractivity contribution < 1.29 is 34.3 Å². The van der Waals surface area contributed by atoms with E-state index in [1.165, 1.54) is 0 Å². The summed E-state index contributed by atoms with van der Waals surface area (Å²) in [6, 6.07) is 1.02. The van der Waals surface area contributed by atoms with Crippen molar-refractivity contribution in [1.29, 1.82) is 0 Å². The minimum atomic E-state index is -1.31. The third-order valence-corrected chi connectivity index (χ3v) is 5.07.